The molecule has 1 amide bonds. The van der Waals surface area contributed by atoms with Gasteiger partial charge in [0.1, 0.15) is 5.76 Å². The van der Waals surface area contributed by atoms with Crippen LogP contribution in [0.4, 0.5) is 5.69 Å². The number of ether oxygens (including phenoxy) is 1. The van der Waals surface area contributed by atoms with Gasteiger partial charge < -0.3 is 14.5 Å². The van der Waals surface area contributed by atoms with E-state index >= 15 is 0 Å². The Balaban J connectivity index is 1.40. The third kappa shape index (κ3) is 4.25. The van der Waals surface area contributed by atoms with Gasteiger partial charge in [-0.1, -0.05) is 6.07 Å². The number of rotatable bonds is 6. The zero-order valence-corrected chi connectivity index (χ0v) is 16.2. The predicted octanol–water partition coefficient (Wildman–Crippen LogP) is 3.69. The molecular weight excluding hydrogens is 392 g/mol. The summed E-state index contributed by atoms with van der Waals surface area (Å²) in [5.41, 5.74) is 1.39. The Bertz CT molecular complexity index is 1150. The van der Waals surface area contributed by atoms with Crippen LogP contribution in [0.15, 0.2) is 65.5 Å². The lowest BCUT2D eigenvalue weighted by Crippen LogP contribution is -2.09. The first-order chi connectivity index (χ1) is 14.1. The Morgan fingerprint density at radius 1 is 1.21 bits per heavy atom. The van der Waals surface area contributed by atoms with E-state index in [4.69, 9.17) is 4.42 Å². The van der Waals surface area contributed by atoms with Gasteiger partial charge in [-0.15, -0.1) is 11.3 Å². The fourth-order valence-corrected chi connectivity index (χ4v) is 3.52. The Kier molecular flexibility index (Phi) is 5.21. The molecule has 0 unspecified atom stereocenters. The van der Waals surface area contributed by atoms with Crippen molar-refractivity contribution in [2.45, 2.75) is 6.54 Å². The van der Waals surface area contributed by atoms with Crippen LogP contribution in [0.1, 0.15) is 26.0 Å². The molecule has 4 heterocycles. The topological polar surface area (TPSA) is 99.2 Å². The SMILES string of the molecule is COC(=O)c1ccc(Cn2cc(NC(=O)c3ccc(-c4ccccn4)s3)cn2)o1. The van der Waals surface area contributed by atoms with Crippen molar-refractivity contribution in [2.75, 3.05) is 12.4 Å². The van der Waals surface area contributed by atoms with E-state index in [1.54, 1.807) is 41.5 Å². The van der Waals surface area contributed by atoms with E-state index in [0.717, 1.165) is 10.6 Å². The number of thiophene rings is 1. The van der Waals surface area contributed by atoms with Gasteiger partial charge >= 0.3 is 5.97 Å². The highest BCUT2D eigenvalue weighted by Gasteiger charge is 2.14. The van der Waals surface area contributed by atoms with Crippen LogP contribution in [0.25, 0.3) is 10.6 Å². The molecule has 0 spiro atoms. The van der Waals surface area contributed by atoms with Crippen molar-refractivity contribution in [3.8, 4) is 10.6 Å². The molecule has 0 radical (unpaired) electrons. The molecule has 4 aromatic heterocycles. The molecule has 0 aromatic carbocycles. The van der Waals surface area contributed by atoms with Crippen molar-refractivity contribution < 1.29 is 18.7 Å². The van der Waals surface area contributed by atoms with Crippen LogP contribution in [0.3, 0.4) is 0 Å². The number of carbonyl (C=O) groups excluding carboxylic acids is 2. The lowest BCUT2D eigenvalue weighted by Gasteiger charge is -2.00. The normalized spacial score (nSPS) is 10.7. The van der Waals surface area contributed by atoms with Gasteiger partial charge in [-0.25, -0.2) is 4.79 Å². The summed E-state index contributed by atoms with van der Waals surface area (Å²) < 4.78 is 11.6. The molecule has 29 heavy (non-hydrogen) atoms. The zero-order valence-electron chi connectivity index (χ0n) is 15.4. The van der Waals surface area contributed by atoms with Crippen molar-refractivity contribution in [2.24, 2.45) is 0 Å². The molecule has 9 heteroatoms. The van der Waals surface area contributed by atoms with Gasteiger partial charge in [0.05, 0.1) is 41.0 Å². The minimum atomic E-state index is -0.536. The summed E-state index contributed by atoms with van der Waals surface area (Å²) in [6.07, 6.45) is 4.96. The van der Waals surface area contributed by atoms with Crippen LogP contribution in [0.5, 0.6) is 0 Å². The number of carbonyl (C=O) groups is 2. The van der Waals surface area contributed by atoms with Crippen molar-refractivity contribution in [3.63, 3.8) is 0 Å². The number of methoxy groups -OCH3 is 1. The fraction of sp³-hybridized carbons (Fsp3) is 0.100. The van der Waals surface area contributed by atoms with Gasteiger partial charge in [-0.05, 0) is 36.4 Å². The average molecular weight is 408 g/mol. The summed E-state index contributed by atoms with van der Waals surface area (Å²) in [4.78, 5) is 29.7. The van der Waals surface area contributed by atoms with E-state index < -0.39 is 5.97 Å². The summed E-state index contributed by atoms with van der Waals surface area (Å²) >= 11 is 1.37. The molecule has 0 atom stereocenters. The highest BCUT2D eigenvalue weighted by atomic mass is 32.1. The first-order valence-corrected chi connectivity index (χ1v) is 9.46. The molecule has 146 valence electrons. The quantitative estimate of drug-likeness (QED) is 0.489. The van der Waals surface area contributed by atoms with Crippen molar-refractivity contribution >= 4 is 28.9 Å². The molecule has 4 rings (SSSR count). The van der Waals surface area contributed by atoms with Crippen LogP contribution < -0.4 is 5.32 Å². The van der Waals surface area contributed by atoms with E-state index in [1.807, 2.05) is 24.3 Å². The van der Waals surface area contributed by atoms with Crippen molar-refractivity contribution in [1.82, 2.24) is 14.8 Å². The number of nitrogens with zero attached hydrogens (tertiary/aromatic N) is 3. The number of nitrogens with one attached hydrogen (secondary N) is 1. The molecule has 1 N–H and O–H groups in total. The van der Waals surface area contributed by atoms with Crippen LogP contribution in [-0.2, 0) is 11.3 Å². The second kappa shape index (κ2) is 8.11. The van der Waals surface area contributed by atoms with Crippen LogP contribution in [0, 0.1) is 0 Å². The fourth-order valence-electron chi connectivity index (χ4n) is 2.65. The van der Waals surface area contributed by atoms with Crippen LogP contribution in [0.2, 0.25) is 0 Å². The maximum absolute atomic E-state index is 12.5. The first kappa shape index (κ1) is 18.6. The van der Waals surface area contributed by atoms with Gasteiger partial charge in [-0.3, -0.25) is 14.5 Å². The summed E-state index contributed by atoms with van der Waals surface area (Å²) in [5.74, 6) is -0.0809. The molecule has 4 aromatic rings. The second-order valence-corrected chi connectivity index (χ2v) is 7.10. The number of esters is 1. The van der Waals surface area contributed by atoms with E-state index in [9.17, 15) is 9.59 Å². The third-order valence-electron chi connectivity index (χ3n) is 4.00. The first-order valence-electron chi connectivity index (χ1n) is 8.64. The Morgan fingerprint density at radius 3 is 2.90 bits per heavy atom. The maximum Gasteiger partial charge on any atom is 0.373 e. The predicted molar refractivity (Wildman–Crippen MR) is 107 cm³/mol. The number of hydrogen-bond acceptors (Lipinski definition) is 7. The molecule has 0 saturated carbocycles. The lowest BCUT2D eigenvalue weighted by molar-refractivity contribution is 0.0562. The molecule has 0 bridgehead atoms. The van der Waals surface area contributed by atoms with Crippen molar-refractivity contribution in [3.05, 3.63) is 77.5 Å². The minimum absolute atomic E-state index is 0.129. The summed E-state index contributed by atoms with van der Waals surface area (Å²) in [6.45, 7) is 0.315. The molecule has 0 aliphatic rings. The highest BCUT2D eigenvalue weighted by Crippen LogP contribution is 2.27. The summed E-state index contributed by atoms with van der Waals surface area (Å²) in [7, 11) is 1.29. The standard InChI is InChI=1S/C20H16N4O4S/c1-27-20(26)16-6-5-14(28-16)12-24-11-13(10-22-24)23-19(25)18-8-7-17(29-18)15-4-2-3-9-21-15/h2-11H,12H2,1H3,(H,23,25). The number of anilines is 1. The minimum Gasteiger partial charge on any atom is -0.463 e. The number of furan rings is 1. The maximum atomic E-state index is 12.5. The number of pyridine rings is 1. The molecular formula is C20H16N4O4S. The number of hydrogen-bond donors (Lipinski definition) is 1. The summed E-state index contributed by atoms with van der Waals surface area (Å²) in [5, 5.41) is 7.03. The Labute approximate surface area is 169 Å². The molecule has 0 aliphatic heterocycles. The lowest BCUT2D eigenvalue weighted by atomic mass is 10.3. The van der Waals surface area contributed by atoms with Gasteiger partial charge in [-0.2, -0.15) is 5.10 Å². The van der Waals surface area contributed by atoms with E-state index in [1.165, 1.54) is 18.4 Å². The van der Waals surface area contributed by atoms with E-state index in [0.29, 0.717) is 22.9 Å². The molecule has 0 saturated heterocycles. The smallest absolute Gasteiger partial charge is 0.373 e. The largest absolute Gasteiger partial charge is 0.463 e. The van der Waals surface area contributed by atoms with Gasteiger partial charge in [0.25, 0.3) is 5.91 Å². The summed E-state index contributed by atoms with van der Waals surface area (Å²) in [6, 6.07) is 12.5. The van der Waals surface area contributed by atoms with Crippen LogP contribution >= 0.6 is 11.3 Å². The monoisotopic (exact) mass is 408 g/mol. The second-order valence-electron chi connectivity index (χ2n) is 6.02. The number of aromatic nitrogens is 3. The van der Waals surface area contributed by atoms with Gasteiger partial charge in [0, 0.05) is 12.4 Å². The molecule has 8 nitrogen and oxygen atoms in total. The average Bonchev–Trinajstić information content (AvgIpc) is 3.49. The molecule has 0 fully saturated rings. The van der Waals surface area contributed by atoms with E-state index in [2.05, 4.69) is 20.1 Å². The van der Waals surface area contributed by atoms with Gasteiger partial charge in [0.2, 0.25) is 5.76 Å². The Morgan fingerprint density at radius 2 is 2.10 bits per heavy atom. The third-order valence-corrected chi connectivity index (χ3v) is 5.11. The zero-order chi connectivity index (χ0) is 20.2. The number of amides is 1. The van der Waals surface area contributed by atoms with Crippen molar-refractivity contribution in [1.29, 1.82) is 0 Å². The van der Waals surface area contributed by atoms with E-state index in [-0.39, 0.29) is 11.7 Å². The Hall–Kier alpha value is -3.72. The van der Waals surface area contributed by atoms with Gasteiger partial charge in [0.15, 0.2) is 0 Å². The van der Waals surface area contributed by atoms with Crippen LogP contribution in [-0.4, -0.2) is 33.8 Å². The highest BCUT2D eigenvalue weighted by molar-refractivity contribution is 7.17. The molecule has 0 aliphatic carbocycles.